The predicted molar refractivity (Wildman–Crippen MR) is 66.5 cm³/mol. The average molecular weight is 232 g/mol. The van der Waals surface area contributed by atoms with E-state index in [1.165, 1.54) is 0 Å². The van der Waals surface area contributed by atoms with Crippen molar-refractivity contribution < 1.29 is 10.2 Å². The van der Waals surface area contributed by atoms with Crippen molar-refractivity contribution in [3.8, 4) is 0 Å². The molecule has 0 amide bonds. The van der Waals surface area contributed by atoms with Crippen LogP contribution in [0.1, 0.15) is 5.56 Å². The van der Waals surface area contributed by atoms with Crippen molar-refractivity contribution in [2.75, 3.05) is 13.2 Å². The van der Waals surface area contributed by atoms with Gasteiger partial charge in [0.2, 0.25) is 0 Å². The van der Waals surface area contributed by atoms with Crippen molar-refractivity contribution in [1.29, 1.82) is 0 Å². The number of aromatic nitrogens is 1. The fourth-order valence-electron chi connectivity index (χ4n) is 1.69. The zero-order valence-electron chi connectivity index (χ0n) is 9.50. The Labute approximate surface area is 99.9 Å². The average Bonchev–Trinajstić information content (AvgIpc) is 2.38. The molecule has 0 saturated carbocycles. The number of nitrogens with one attached hydrogen (secondary N) is 1. The van der Waals surface area contributed by atoms with Gasteiger partial charge in [0.15, 0.2) is 0 Å². The summed E-state index contributed by atoms with van der Waals surface area (Å²) in [5.74, 6) is 0. The second-order valence-corrected chi connectivity index (χ2v) is 4.02. The molecule has 0 bridgehead atoms. The van der Waals surface area contributed by atoms with Crippen LogP contribution in [0, 0.1) is 0 Å². The van der Waals surface area contributed by atoms with Crippen LogP contribution in [-0.4, -0.2) is 34.5 Å². The molecule has 1 aromatic carbocycles. The Bertz CT molecular complexity index is 488. The molecule has 0 radical (unpaired) electrons. The van der Waals surface area contributed by atoms with Gasteiger partial charge in [-0.15, -0.1) is 0 Å². The van der Waals surface area contributed by atoms with Gasteiger partial charge >= 0.3 is 0 Å². The van der Waals surface area contributed by atoms with E-state index in [4.69, 9.17) is 5.11 Å². The molecule has 0 aliphatic carbocycles. The maximum Gasteiger partial charge on any atom is 0.0895 e. The highest BCUT2D eigenvalue weighted by atomic mass is 16.3. The molecule has 0 saturated heterocycles. The largest absolute Gasteiger partial charge is 0.394 e. The van der Waals surface area contributed by atoms with E-state index in [1.807, 2.05) is 24.4 Å². The van der Waals surface area contributed by atoms with Crippen molar-refractivity contribution in [2.24, 2.45) is 0 Å². The molecular formula is C13H16N2O2. The molecule has 1 atom stereocenters. The Morgan fingerprint density at radius 1 is 1.24 bits per heavy atom. The number of nitrogens with zero attached hydrogens (tertiary/aromatic N) is 1. The molecule has 0 spiro atoms. The minimum atomic E-state index is -0.695. The minimum absolute atomic E-state index is 0.212. The summed E-state index contributed by atoms with van der Waals surface area (Å²) in [5, 5.41) is 23.2. The van der Waals surface area contributed by atoms with Crippen LogP contribution < -0.4 is 5.32 Å². The smallest absolute Gasteiger partial charge is 0.0895 e. The fourth-order valence-corrected chi connectivity index (χ4v) is 1.69. The first-order valence-electron chi connectivity index (χ1n) is 5.62. The lowest BCUT2D eigenvalue weighted by molar-refractivity contribution is 0.0942. The van der Waals surface area contributed by atoms with Crippen molar-refractivity contribution in [2.45, 2.75) is 12.6 Å². The third-order valence-electron chi connectivity index (χ3n) is 2.62. The zero-order valence-corrected chi connectivity index (χ0v) is 9.50. The quantitative estimate of drug-likeness (QED) is 0.709. The molecule has 4 nitrogen and oxygen atoms in total. The third kappa shape index (κ3) is 3.23. The van der Waals surface area contributed by atoms with Crippen molar-refractivity contribution >= 4 is 10.8 Å². The first-order valence-corrected chi connectivity index (χ1v) is 5.62. The molecule has 2 aromatic rings. The van der Waals surface area contributed by atoms with Crippen molar-refractivity contribution in [3.05, 3.63) is 42.2 Å². The SMILES string of the molecule is OCC(O)CNCc1ccc2cnccc2c1. The number of hydrogen-bond acceptors (Lipinski definition) is 4. The van der Waals surface area contributed by atoms with E-state index >= 15 is 0 Å². The Morgan fingerprint density at radius 2 is 2.12 bits per heavy atom. The van der Waals surface area contributed by atoms with Crippen LogP contribution in [-0.2, 0) is 6.54 Å². The number of pyridine rings is 1. The van der Waals surface area contributed by atoms with Gasteiger partial charge in [-0.3, -0.25) is 4.98 Å². The van der Waals surface area contributed by atoms with Crippen molar-refractivity contribution in [3.63, 3.8) is 0 Å². The van der Waals surface area contributed by atoms with Crippen LogP contribution in [0.4, 0.5) is 0 Å². The van der Waals surface area contributed by atoms with E-state index in [1.54, 1.807) is 6.20 Å². The van der Waals surface area contributed by atoms with Gasteiger partial charge in [0.25, 0.3) is 0 Å². The summed E-state index contributed by atoms with van der Waals surface area (Å²) < 4.78 is 0. The molecule has 0 aliphatic rings. The lowest BCUT2D eigenvalue weighted by atomic mass is 10.1. The summed E-state index contributed by atoms with van der Waals surface area (Å²) in [7, 11) is 0. The molecule has 0 aliphatic heterocycles. The highest BCUT2D eigenvalue weighted by molar-refractivity contribution is 5.81. The molecule has 17 heavy (non-hydrogen) atoms. The van der Waals surface area contributed by atoms with Gasteiger partial charge < -0.3 is 15.5 Å². The standard InChI is InChI=1S/C13H16N2O2/c16-9-13(17)8-15-6-10-1-2-12-7-14-4-3-11(12)5-10/h1-5,7,13,15-17H,6,8-9H2. The van der Waals surface area contributed by atoms with Gasteiger partial charge in [-0.2, -0.15) is 0 Å². The Kier molecular flexibility index (Phi) is 4.03. The molecule has 1 unspecified atom stereocenters. The Hall–Kier alpha value is -1.49. The molecule has 1 heterocycles. The lowest BCUT2D eigenvalue weighted by Gasteiger charge is -2.09. The number of aliphatic hydroxyl groups excluding tert-OH is 2. The number of benzene rings is 1. The topological polar surface area (TPSA) is 65.4 Å². The monoisotopic (exact) mass is 232 g/mol. The molecule has 90 valence electrons. The summed E-state index contributed by atoms with van der Waals surface area (Å²) in [6.07, 6.45) is 2.91. The molecule has 0 fully saturated rings. The first-order chi connectivity index (χ1) is 8.29. The van der Waals surface area contributed by atoms with Crippen LogP contribution in [0.3, 0.4) is 0 Å². The van der Waals surface area contributed by atoms with Gasteiger partial charge in [0, 0.05) is 30.9 Å². The molecule has 1 aromatic heterocycles. The number of fused-ring (bicyclic) bond motifs is 1. The maximum absolute atomic E-state index is 9.19. The zero-order chi connectivity index (χ0) is 12.1. The van der Waals surface area contributed by atoms with E-state index in [0.29, 0.717) is 13.1 Å². The summed E-state index contributed by atoms with van der Waals surface area (Å²) in [4.78, 5) is 4.06. The Balaban J connectivity index is 1.99. The van der Waals surface area contributed by atoms with E-state index < -0.39 is 6.10 Å². The van der Waals surface area contributed by atoms with Crippen LogP contribution in [0.15, 0.2) is 36.7 Å². The molecule has 4 heteroatoms. The number of hydrogen-bond donors (Lipinski definition) is 3. The maximum atomic E-state index is 9.19. The molecule has 2 rings (SSSR count). The van der Waals surface area contributed by atoms with Crippen LogP contribution >= 0.6 is 0 Å². The van der Waals surface area contributed by atoms with E-state index in [-0.39, 0.29) is 6.61 Å². The molecular weight excluding hydrogens is 216 g/mol. The normalized spacial score (nSPS) is 12.8. The van der Waals surface area contributed by atoms with Gasteiger partial charge in [-0.1, -0.05) is 12.1 Å². The van der Waals surface area contributed by atoms with Crippen LogP contribution in [0.5, 0.6) is 0 Å². The highest BCUT2D eigenvalue weighted by Gasteiger charge is 2.01. The minimum Gasteiger partial charge on any atom is -0.394 e. The predicted octanol–water partition coefficient (Wildman–Crippen LogP) is 0.678. The highest BCUT2D eigenvalue weighted by Crippen LogP contribution is 2.14. The summed E-state index contributed by atoms with van der Waals surface area (Å²) >= 11 is 0. The fraction of sp³-hybridized carbons (Fsp3) is 0.308. The van der Waals surface area contributed by atoms with E-state index in [2.05, 4.69) is 16.4 Å². The Morgan fingerprint density at radius 3 is 2.94 bits per heavy atom. The van der Waals surface area contributed by atoms with Gasteiger partial charge in [-0.05, 0) is 23.1 Å². The third-order valence-corrected chi connectivity index (χ3v) is 2.62. The second kappa shape index (κ2) is 5.72. The van der Waals surface area contributed by atoms with Crippen molar-refractivity contribution in [1.82, 2.24) is 10.3 Å². The second-order valence-electron chi connectivity index (χ2n) is 4.02. The molecule has 3 N–H and O–H groups in total. The van der Waals surface area contributed by atoms with Gasteiger partial charge in [0.1, 0.15) is 0 Å². The van der Waals surface area contributed by atoms with Gasteiger partial charge in [-0.25, -0.2) is 0 Å². The van der Waals surface area contributed by atoms with Gasteiger partial charge in [0.05, 0.1) is 12.7 Å². The number of rotatable bonds is 5. The summed E-state index contributed by atoms with van der Waals surface area (Å²) in [6, 6.07) is 8.13. The first kappa shape index (κ1) is 12.0. The van der Waals surface area contributed by atoms with E-state index in [0.717, 1.165) is 16.3 Å². The van der Waals surface area contributed by atoms with E-state index in [9.17, 15) is 5.11 Å². The number of aliphatic hydroxyl groups is 2. The summed E-state index contributed by atoms with van der Waals surface area (Å²) in [5.41, 5.74) is 1.15. The summed E-state index contributed by atoms with van der Waals surface area (Å²) in [6.45, 7) is 0.858. The van der Waals surface area contributed by atoms with Crippen LogP contribution in [0.2, 0.25) is 0 Å². The van der Waals surface area contributed by atoms with Crippen LogP contribution in [0.25, 0.3) is 10.8 Å². The lowest BCUT2D eigenvalue weighted by Crippen LogP contribution is -2.28.